The van der Waals surface area contributed by atoms with Gasteiger partial charge in [0.15, 0.2) is 11.5 Å². The third-order valence-electron chi connectivity index (χ3n) is 1.91. The molecule has 2 aromatic heterocycles. The predicted molar refractivity (Wildman–Crippen MR) is 56.4 cm³/mol. The van der Waals surface area contributed by atoms with Gasteiger partial charge in [-0.2, -0.15) is 5.10 Å². The number of hydrogen-bond donors (Lipinski definition) is 1. The molecule has 0 fully saturated rings. The van der Waals surface area contributed by atoms with Crippen LogP contribution in [0.4, 0.5) is 11.5 Å². The van der Waals surface area contributed by atoms with Crippen LogP contribution in [0.1, 0.15) is 0 Å². The second kappa shape index (κ2) is 3.22. The lowest BCUT2D eigenvalue weighted by Crippen LogP contribution is -1.96. The Kier molecular flexibility index (Phi) is 2.05. The summed E-state index contributed by atoms with van der Waals surface area (Å²) in [6, 6.07) is 3.76. The van der Waals surface area contributed by atoms with Gasteiger partial charge in [0.2, 0.25) is 0 Å². The van der Waals surface area contributed by atoms with Crippen molar-refractivity contribution in [3.05, 3.63) is 22.4 Å². The van der Waals surface area contributed by atoms with Crippen LogP contribution in [-0.2, 0) is 7.05 Å². The van der Waals surface area contributed by atoms with E-state index in [0.29, 0.717) is 11.5 Å². The van der Waals surface area contributed by atoms with E-state index in [2.05, 4.69) is 10.3 Å². The molecule has 0 atom stereocenters. The Bertz CT molecular complexity index is 460. The van der Waals surface area contributed by atoms with E-state index in [0.717, 1.165) is 4.88 Å². The smallest absolute Gasteiger partial charge is 0.178 e. The summed E-state index contributed by atoms with van der Waals surface area (Å²) < 4.78 is 1.45. The summed E-state index contributed by atoms with van der Waals surface area (Å²) in [5.41, 5.74) is 6.40. The van der Waals surface area contributed by atoms with Gasteiger partial charge in [-0.15, -0.1) is 16.2 Å². The number of aromatic nitrogens is 2. The van der Waals surface area contributed by atoms with E-state index < -0.39 is 0 Å². The first-order chi connectivity index (χ1) is 6.74. The highest BCUT2D eigenvalue weighted by molar-refractivity contribution is 7.13. The van der Waals surface area contributed by atoms with Gasteiger partial charge in [0.1, 0.15) is 5.69 Å². The Balaban J connectivity index is 2.64. The number of rotatable bonds is 2. The number of thiophene rings is 1. The van der Waals surface area contributed by atoms with Crippen molar-refractivity contribution in [3.8, 4) is 10.6 Å². The molecule has 0 unspecified atom stereocenters. The second-order valence-corrected chi connectivity index (χ2v) is 3.72. The molecule has 0 amide bonds. The topological polar surface area (TPSA) is 73.3 Å². The summed E-state index contributed by atoms with van der Waals surface area (Å²) in [5, 5.41) is 8.94. The Morgan fingerprint density at radius 3 is 3.00 bits per heavy atom. The first-order valence-electron chi connectivity index (χ1n) is 3.93. The Labute approximate surface area is 84.1 Å². The van der Waals surface area contributed by atoms with Crippen molar-refractivity contribution < 1.29 is 0 Å². The second-order valence-electron chi connectivity index (χ2n) is 2.77. The lowest BCUT2D eigenvalue weighted by atomic mass is 10.3. The van der Waals surface area contributed by atoms with E-state index in [4.69, 9.17) is 5.73 Å². The van der Waals surface area contributed by atoms with Crippen LogP contribution in [0.25, 0.3) is 10.6 Å². The fraction of sp³-hybridized carbons (Fsp3) is 0.125. The van der Waals surface area contributed by atoms with Gasteiger partial charge in [-0.05, 0) is 16.6 Å². The maximum absolute atomic E-state index is 10.6. The molecule has 5 nitrogen and oxygen atoms in total. The number of anilines is 1. The molecular formula is C8H8N4OS. The lowest BCUT2D eigenvalue weighted by Gasteiger charge is -1.89. The molecule has 0 saturated carbocycles. The summed E-state index contributed by atoms with van der Waals surface area (Å²) in [4.78, 5) is 11.5. The van der Waals surface area contributed by atoms with E-state index >= 15 is 0 Å². The zero-order valence-electron chi connectivity index (χ0n) is 7.47. The predicted octanol–water partition coefficient (Wildman–Crippen LogP) is 2.13. The van der Waals surface area contributed by atoms with Gasteiger partial charge < -0.3 is 5.73 Å². The fourth-order valence-corrected chi connectivity index (χ4v) is 1.91. The molecule has 0 aromatic carbocycles. The monoisotopic (exact) mass is 208 g/mol. The van der Waals surface area contributed by atoms with E-state index in [1.165, 1.54) is 16.0 Å². The number of hydrogen-bond acceptors (Lipinski definition) is 5. The van der Waals surface area contributed by atoms with Gasteiger partial charge in [0, 0.05) is 7.05 Å². The molecule has 0 aliphatic rings. The average molecular weight is 208 g/mol. The molecule has 2 heterocycles. The van der Waals surface area contributed by atoms with Crippen LogP contribution in [0.5, 0.6) is 0 Å². The van der Waals surface area contributed by atoms with E-state index in [1.807, 2.05) is 17.5 Å². The highest BCUT2D eigenvalue weighted by Crippen LogP contribution is 2.36. The van der Waals surface area contributed by atoms with Crippen molar-refractivity contribution >= 4 is 22.8 Å². The molecule has 0 bridgehead atoms. The summed E-state index contributed by atoms with van der Waals surface area (Å²) in [5.74, 6) is 0.295. The van der Waals surface area contributed by atoms with E-state index in [-0.39, 0.29) is 5.69 Å². The van der Waals surface area contributed by atoms with Gasteiger partial charge in [-0.25, -0.2) is 0 Å². The molecule has 6 heteroatoms. The summed E-state index contributed by atoms with van der Waals surface area (Å²) in [6.45, 7) is 0. The first-order valence-corrected chi connectivity index (χ1v) is 4.81. The number of aryl methyl sites for hydroxylation is 1. The molecule has 2 N–H and O–H groups in total. The first kappa shape index (κ1) is 8.89. The summed E-state index contributed by atoms with van der Waals surface area (Å²) >= 11 is 1.50. The molecule has 2 aromatic rings. The summed E-state index contributed by atoms with van der Waals surface area (Å²) in [7, 11) is 1.68. The maximum Gasteiger partial charge on any atom is 0.178 e. The van der Waals surface area contributed by atoms with Crippen molar-refractivity contribution in [1.82, 2.24) is 9.78 Å². The normalized spacial score (nSPS) is 10.4. The van der Waals surface area contributed by atoms with Gasteiger partial charge >= 0.3 is 0 Å². The van der Waals surface area contributed by atoms with Gasteiger partial charge in [-0.1, -0.05) is 6.07 Å². The maximum atomic E-state index is 10.6. The largest absolute Gasteiger partial charge is 0.382 e. The van der Waals surface area contributed by atoms with Crippen LogP contribution < -0.4 is 5.73 Å². The zero-order valence-corrected chi connectivity index (χ0v) is 8.28. The Morgan fingerprint density at radius 2 is 2.43 bits per heavy atom. The summed E-state index contributed by atoms with van der Waals surface area (Å²) in [6.07, 6.45) is 0. The fourth-order valence-electron chi connectivity index (χ4n) is 1.20. The van der Waals surface area contributed by atoms with Crippen molar-refractivity contribution in [2.45, 2.75) is 0 Å². The third-order valence-corrected chi connectivity index (χ3v) is 2.79. The molecule has 0 spiro atoms. The number of nitroso groups, excluding NO2 is 1. The minimum Gasteiger partial charge on any atom is -0.382 e. The lowest BCUT2D eigenvalue weighted by molar-refractivity contribution is 0.783. The average Bonchev–Trinajstić information content (AvgIpc) is 2.76. The standard InChI is InChI=1S/C8H8N4OS/c1-12-8(9)7(11-13)6(10-12)5-3-2-4-14-5/h2-4H,9H2,1H3. The van der Waals surface area contributed by atoms with E-state index in [1.54, 1.807) is 7.05 Å². The van der Waals surface area contributed by atoms with Crippen LogP contribution in [0.15, 0.2) is 22.7 Å². The van der Waals surface area contributed by atoms with Crippen LogP contribution in [0, 0.1) is 4.91 Å². The van der Waals surface area contributed by atoms with Crippen LogP contribution in [-0.4, -0.2) is 9.78 Å². The SMILES string of the molecule is Cn1nc(-c2cccs2)c(N=O)c1N. The Hall–Kier alpha value is -1.69. The van der Waals surface area contributed by atoms with Crippen LogP contribution in [0.2, 0.25) is 0 Å². The molecule has 2 rings (SSSR count). The van der Waals surface area contributed by atoms with Crippen molar-refractivity contribution in [2.24, 2.45) is 12.2 Å². The third kappa shape index (κ3) is 1.20. The van der Waals surface area contributed by atoms with E-state index in [9.17, 15) is 4.91 Å². The number of nitrogen functional groups attached to an aromatic ring is 1. The molecule has 0 aliphatic heterocycles. The minimum atomic E-state index is 0.218. The molecule has 0 saturated heterocycles. The van der Waals surface area contributed by atoms with Gasteiger partial charge in [0.25, 0.3) is 0 Å². The molecule has 14 heavy (non-hydrogen) atoms. The van der Waals surface area contributed by atoms with Gasteiger partial charge in [-0.3, -0.25) is 4.68 Å². The van der Waals surface area contributed by atoms with Crippen molar-refractivity contribution in [1.29, 1.82) is 0 Å². The van der Waals surface area contributed by atoms with Crippen LogP contribution >= 0.6 is 11.3 Å². The van der Waals surface area contributed by atoms with Gasteiger partial charge in [0.05, 0.1) is 4.88 Å². The van der Waals surface area contributed by atoms with Crippen molar-refractivity contribution in [2.75, 3.05) is 5.73 Å². The molecule has 0 aliphatic carbocycles. The molecule has 0 radical (unpaired) electrons. The zero-order chi connectivity index (χ0) is 10.1. The molecule has 72 valence electrons. The Morgan fingerprint density at radius 1 is 1.64 bits per heavy atom. The number of nitrogens with two attached hydrogens (primary N) is 1. The minimum absolute atomic E-state index is 0.218. The highest BCUT2D eigenvalue weighted by atomic mass is 32.1. The number of nitrogens with zero attached hydrogens (tertiary/aromatic N) is 3. The quantitative estimate of drug-likeness (QED) is 0.768. The van der Waals surface area contributed by atoms with Crippen molar-refractivity contribution in [3.63, 3.8) is 0 Å². The highest BCUT2D eigenvalue weighted by Gasteiger charge is 2.16. The molecular weight excluding hydrogens is 200 g/mol. The van der Waals surface area contributed by atoms with Crippen LogP contribution in [0.3, 0.4) is 0 Å².